The number of rotatable bonds is 6. The number of carbonyl (C=O) groups excluding carboxylic acids is 2. The molecule has 3 rings (SSSR count). The minimum absolute atomic E-state index is 0.211. The van der Waals surface area contributed by atoms with Crippen molar-refractivity contribution >= 4 is 29.3 Å². The number of nitrogens with one attached hydrogen (secondary N) is 2. The van der Waals surface area contributed by atoms with E-state index in [1.54, 1.807) is 18.2 Å². The highest BCUT2D eigenvalue weighted by Crippen LogP contribution is 2.28. The van der Waals surface area contributed by atoms with Crippen LogP contribution in [0.25, 0.3) is 0 Å². The first-order chi connectivity index (χ1) is 12.7. The molecule has 1 fully saturated rings. The van der Waals surface area contributed by atoms with Crippen molar-refractivity contribution in [1.82, 2.24) is 20.2 Å². The van der Waals surface area contributed by atoms with Crippen molar-refractivity contribution in [2.24, 2.45) is 0 Å². The van der Waals surface area contributed by atoms with E-state index in [0.717, 1.165) is 12.8 Å². The second-order valence-electron chi connectivity index (χ2n) is 5.84. The van der Waals surface area contributed by atoms with Crippen LogP contribution in [0.4, 0.5) is 18.9 Å². The zero-order valence-electron chi connectivity index (χ0n) is 13.8. The van der Waals surface area contributed by atoms with Crippen LogP contribution in [0, 0.1) is 0 Å². The summed E-state index contributed by atoms with van der Waals surface area (Å²) in [5.74, 6) is 3.01. The third-order valence-electron chi connectivity index (χ3n) is 3.57. The van der Waals surface area contributed by atoms with Gasteiger partial charge in [-0.05, 0) is 31.0 Å². The Kier molecular flexibility index (Phi) is 5.26. The summed E-state index contributed by atoms with van der Waals surface area (Å²) in [5, 5.41) is 11.5. The molecule has 4 N–H and O–H groups in total. The zero-order chi connectivity index (χ0) is 19.6. The number of nitrogens with two attached hydrogens (primary N) is 1. The molecule has 1 aromatic heterocycles. The predicted molar refractivity (Wildman–Crippen MR) is 91.5 cm³/mol. The Morgan fingerprint density at radius 1 is 1.30 bits per heavy atom. The van der Waals surface area contributed by atoms with Gasteiger partial charge >= 0.3 is 6.18 Å². The van der Waals surface area contributed by atoms with Crippen LogP contribution in [0.5, 0.6) is 0 Å². The number of alkyl halides is 3. The molecular weight excluding hydrogens is 385 g/mol. The van der Waals surface area contributed by atoms with Crippen molar-refractivity contribution in [2.75, 3.05) is 16.9 Å². The fraction of sp³-hybridized carbons (Fsp3) is 0.333. The van der Waals surface area contributed by atoms with Gasteiger partial charge in [-0.3, -0.25) is 9.59 Å². The van der Waals surface area contributed by atoms with Gasteiger partial charge in [-0.25, -0.2) is 4.68 Å². The largest absolute Gasteiger partial charge is 0.453 e. The van der Waals surface area contributed by atoms with Crippen LogP contribution in [-0.2, 0) is 11.0 Å². The summed E-state index contributed by atoms with van der Waals surface area (Å²) >= 11 is 0.712. The van der Waals surface area contributed by atoms with Crippen LogP contribution in [0.2, 0.25) is 0 Å². The Hall–Kier alpha value is -2.76. The maximum absolute atomic E-state index is 12.6. The fourth-order valence-electron chi connectivity index (χ4n) is 2.13. The number of hydrogen-bond donors (Lipinski definition) is 3. The van der Waals surface area contributed by atoms with Gasteiger partial charge < -0.3 is 16.5 Å². The molecule has 0 radical (unpaired) electrons. The van der Waals surface area contributed by atoms with E-state index in [1.165, 1.54) is 6.07 Å². The lowest BCUT2D eigenvalue weighted by atomic mass is 10.2. The highest BCUT2D eigenvalue weighted by atomic mass is 32.2. The first-order valence-electron chi connectivity index (χ1n) is 7.85. The van der Waals surface area contributed by atoms with Crippen molar-refractivity contribution in [3.05, 3.63) is 35.7 Å². The molecule has 1 aliphatic rings. The van der Waals surface area contributed by atoms with E-state index in [2.05, 4.69) is 20.8 Å². The quantitative estimate of drug-likeness (QED) is 0.502. The van der Waals surface area contributed by atoms with E-state index in [1.807, 2.05) is 0 Å². The van der Waals surface area contributed by atoms with E-state index < -0.39 is 17.9 Å². The minimum atomic E-state index is -4.73. The molecule has 144 valence electrons. The minimum Gasteiger partial charge on any atom is -0.349 e. The van der Waals surface area contributed by atoms with Crippen LogP contribution >= 0.6 is 11.8 Å². The standard InChI is InChI=1S/C15H15F3N6O2S/c16-15(17,18)13-22-23-14(24(13)19)27-7-11(25)20-10-3-1-2-8(6-10)12(26)21-9-4-5-9/h1-3,6,9H,4-5,7,19H2,(H,20,25)(H,21,26). The summed E-state index contributed by atoms with van der Waals surface area (Å²) in [6, 6.07) is 6.58. The monoisotopic (exact) mass is 400 g/mol. The number of nitrogens with zero attached hydrogens (tertiary/aromatic N) is 3. The van der Waals surface area contributed by atoms with Gasteiger partial charge in [0, 0.05) is 17.3 Å². The Balaban J connectivity index is 1.56. The number of amides is 2. The second kappa shape index (κ2) is 7.47. The molecule has 27 heavy (non-hydrogen) atoms. The summed E-state index contributed by atoms with van der Waals surface area (Å²) in [7, 11) is 0. The average molecular weight is 400 g/mol. The molecule has 0 unspecified atom stereocenters. The van der Waals surface area contributed by atoms with Gasteiger partial charge in [-0.15, -0.1) is 10.2 Å². The Morgan fingerprint density at radius 2 is 2.04 bits per heavy atom. The van der Waals surface area contributed by atoms with Crippen molar-refractivity contribution in [2.45, 2.75) is 30.2 Å². The zero-order valence-corrected chi connectivity index (χ0v) is 14.6. The highest BCUT2D eigenvalue weighted by Gasteiger charge is 2.38. The molecule has 0 bridgehead atoms. The highest BCUT2D eigenvalue weighted by molar-refractivity contribution is 7.99. The lowest BCUT2D eigenvalue weighted by Crippen LogP contribution is -2.25. The van der Waals surface area contributed by atoms with Crippen molar-refractivity contribution in [1.29, 1.82) is 0 Å². The molecule has 12 heteroatoms. The molecule has 1 aromatic carbocycles. The summed E-state index contributed by atoms with van der Waals surface area (Å²) in [4.78, 5) is 24.0. The average Bonchev–Trinajstić information content (AvgIpc) is 3.32. The van der Waals surface area contributed by atoms with Crippen molar-refractivity contribution < 1.29 is 22.8 Å². The second-order valence-corrected chi connectivity index (χ2v) is 6.78. The van der Waals surface area contributed by atoms with Crippen LogP contribution in [-0.4, -0.2) is 38.5 Å². The first-order valence-corrected chi connectivity index (χ1v) is 8.84. The molecule has 2 aromatic rings. The van der Waals surface area contributed by atoms with Gasteiger partial charge in [0.15, 0.2) is 0 Å². The molecule has 8 nitrogen and oxygen atoms in total. The SMILES string of the molecule is Nn1c(SCC(=O)Nc2cccc(C(=O)NC3CC3)c2)nnc1C(F)(F)F. The Bertz CT molecular complexity index is 865. The Labute approximate surface area is 155 Å². The molecule has 0 aliphatic heterocycles. The van der Waals surface area contributed by atoms with Crippen LogP contribution in [0.1, 0.15) is 29.0 Å². The van der Waals surface area contributed by atoms with Gasteiger partial charge in [-0.2, -0.15) is 13.2 Å². The molecule has 1 saturated carbocycles. The number of benzene rings is 1. The van der Waals surface area contributed by atoms with Crippen molar-refractivity contribution in [3.63, 3.8) is 0 Å². The third kappa shape index (κ3) is 4.90. The van der Waals surface area contributed by atoms with Gasteiger partial charge in [0.1, 0.15) is 0 Å². The number of anilines is 1. The normalized spacial score (nSPS) is 14.0. The fourth-order valence-corrected chi connectivity index (χ4v) is 2.79. The lowest BCUT2D eigenvalue weighted by molar-refractivity contribution is -0.146. The number of carbonyl (C=O) groups is 2. The molecule has 1 heterocycles. The van der Waals surface area contributed by atoms with Gasteiger partial charge in [-0.1, -0.05) is 17.8 Å². The topological polar surface area (TPSA) is 115 Å². The van der Waals surface area contributed by atoms with E-state index in [0.29, 0.717) is 27.7 Å². The summed E-state index contributed by atoms with van der Waals surface area (Å²) in [5.41, 5.74) is 0.804. The number of aromatic nitrogens is 3. The van der Waals surface area contributed by atoms with Gasteiger partial charge in [0.25, 0.3) is 11.7 Å². The van der Waals surface area contributed by atoms with Crippen LogP contribution in [0.3, 0.4) is 0 Å². The van der Waals surface area contributed by atoms with E-state index in [-0.39, 0.29) is 22.9 Å². The molecule has 0 spiro atoms. The van der Waals surface area contributed by atoms with Crippen molar-refractivity contribution in [3.8, 4) is 0 Å². The van der Waals surface area contributed by atoms with E-state index >= 15 is 0 Å². The maximum atomic E-state index is 12.6. The smallest absolute Gasteiger partial charge is 0.349 e. The summed E-state index contributed by atoms with van der Waals surface area (Å²) < 4.78 is 38.1. The number of nitrogen functional groups attached to an aromatic ring is 1. The predicted octanol–water partition coefficient (Wildman–Crippen LogP) is 1.63. The summed E-state index contributed by atoms with van der Waals surface area (Å²) in [6.07, 6.45) is -2.81. The third-order valence-corrected chi connectivity index (χ3v) is 4.51. The van der Waals surface area contributed by atoms with Gasteiger partial charge in [0.2, 0.25) is 11.1 Å². The molecule has 0 saturated heterocycles. The van der Waals surface area contributed by atoms with E-state index in [4.69, 9.17) is 5.84 Å². The number of thioether (sulfide) groups is 1. The number of hydrogen-bond acceptors (Lipinski definition) is 6. The molecule has 0 atom stereocenters. The van der Waals surface area contributed by atoms with Crippen LogP contribution < -0.4 is 16.5 Å². The molecule has 2 amide bonds. The first kappa shape index (κ1) is 19.0. The summed E-state index contributed by atoms with van der Waals surface area (Å²) in [6.45, 7) is 0. The molecular formula is C15H15F3N6O2S. The van der Waals surface area contributed by atoms with Crippen LogP contribution in [0.15, 0.2) is 29.4 Å². The Morgan fingerprint density at radius 3 is 2.67 bits per heavy atom. The maximum Gasteiger partial charge on any atom is 0.453 e. The lowest BCUT2D eigenvalue weighted by Gasteiger charge is -2.08. The number of halogens is 3. The van der Waals surface area contributed by atoms with Gasteiger partial charge in [0.05, 0.1) is 5.75 Å². The molecule has 1 aliphatic carbocycles. The van der Waals surface area contributed by atoms with E-state index in [9.17, 15) is 22.8 Å².